The van der Waals surface area contributed by atoms with Crippen LogP contribution in [0.15, 0.2) is 36.5 Å². The average molecular weight is 256 g/mol. The molecule has 2 aromatic rings. The van der Waals surface area contributed by atoms with Gasteiger partial charge in [0.2, 0.25) is 0 Å². The quantitative estimate of drug-likeness (QED) is 0.913. The van der Waals surface area contributed by atoms with E-state index in [1.165, 1.54) is 0 Å². The first-order valence-electron chi connectivity index (χ1n) is 6.30. The minimum absolute atomic E-state index is 0.0201. The highest BCUT2D eigenvalue weighted by molar-refractivity contribution is 6.07. The van der Waals surface area contributed by atoms with Crippen molar-refractivity contribution in [3.8, 4) is 0 Å². The first kappa shape index (κ1) is 13.2. The summed E-state index contributed by atoms with van der Waals surface area (Å²) in [6.45, 7) is 3.49. The van der Waals surface area contributed by atoms with Crippen LogP contribution in [0.5, 0.6) is 0 Å². The monoisotopic (exact) mass is 256 g/mol. The van der Waals surface area contributed by atoms with Gasteiger partial charge in [-0.1, -0.05) is 25.1 Å². The third-order valence-electron chi connectivity index (χ3n) is 3.07. The second-order valence-corrected chi connectivity index (χ2v) is 4.39. The Morgan fingerprint density at radius 2 is 2.00 bits per heavy atom. The molecular formula is C15H16N2O2. The van der Waals surface area contributed by atoms with Gasteiger partial charge in [0.1, 0.15) is 0 Å². The summed E-state index contributed by atoms with van der Waals surface area (Å²) in [5, 5.41) is 3.51. The van der Waals surface area contributed by atoms with E-state index < -0.39 is 6.04 Å². The summed E-state index contributed by atoms with van der Waals surface area (Å²) >= 11 is 0. The zero-order chi connectivity index (χ0) is 13.8. The number of rotatable bonds is 4. The topological polar surface area (TPSA) is 59.1 Å². The van der Waals surface area contributed by atoms with Crippen LogP contribution >= 0.6 is 0 Å². The van der Waals surface area contributed by atoms with Crippen LogP contribution in [0.25, 0.3) is 10.9 Å². The number of ketones is 1. The van der Waals surface area contributed by atoms with Crippen molar-refractivity contribution in [2.75, 3.05) is 0 Å². The molecule has 0 aliphatic carbocycles. The van der Waals surface area contributed by atoms with Gasteiger partial charge < -0.3 is 5.32 Å². The SMILES string of the molecule is CCC(=O)C(C)NC(=O)c1ccnc2ccccc12. The maximum absolute atomic E-state index is 12.2. The molecule has 98 valence electrons. The molecule has 0 saturated heterocycles. The minimum atomic E-state index is -0.468. The predicted octanol–water partition coefficient (Wildman–Crippen LogP) is 2.33. The molecule has 19 heavy (non-hydrogen) atoms. The lowest BCUT2D eigenvalue weighted by Gasteiger charge is -2.12. The van der Waals surface area contributed by atoms with Crippen LogP contribution < -0.4 is 5.32 Å². The van der Waals surface area contributed by atoms with Crippen molar-refractivity contribution in [2.24, 2.45) is 0 Å². The van der Waals surface area contributed by atoms with Crippen LogP contribution in [0.4, 0.5) is 0 Å². The van der Waals surface area contributed by atoms with Crippen molar-refractivity contribution >= 4 is 22.6 Å². The number of nitrogens with zero attached hydrogens (tertiary/aromatic N) is 1. The van der Waals surface area contributed by atoms with E-state index in [4.69, 9.17) is 0 Å². The van der Waals surface area contributed by atoms with Crippen LogP contribution in [0.1, 0.15) is 30.6 Å². The summed E-state index contributed by atoms with van der Waals surface area (Å²) < 4.78 is 0. The molecule has 0 bridgehead atoms. The number of amides is 1. The fourth-order valence-electron chi connectivity index (χ4n) is 1.95. The molecule has 0 aliphatic rings. The molecule has 4 nitrogen and oxygen atoms in total. The zero-order valence-corrected chi connectivity index (χ0v) is 11.0. The van der Waals surface area contributed by atoms with Gasteiger partial charge in [-0.3, -0.25) is 14.6 Å². The Hall–Kier alpha value is -2.23. The van der Waals surface area contributed by atoms with Crippen molar-refractivity contribution in [2.45, 2.75) is 26.3 Å². The van der Waals surface area contributed by atoms with Gasteiger partial charge in [-0.25, -0.2) is 0 Å². The number of pyridine rings is 1. The third kappa shape index (κ3) is 2.78. The lowest BCUT2D eigenvalue weighted by atomic mass is 10.1. The number of benzene rings is 1. The zero-order valence-electron chi connectivity index (χ0n) is 11.0. The molecule has 0 spiro atoms. The number of aromatic nitrogens is 1. The summed E-state index contributed by atoms with van der Waals surface area (Å²) in [5.74, 6) is -0.223. The van der Waals surface area contributed by atoms with Crippen LogP contribution in [0.3, 0.4) is 0 Å². The van der Waals surface area contributed by atoms with E-state index >= 15 is 0 Å². The molecule has 4 heteroatoms. The average Bonchev–Trinajstić information content (AvgIpc) is 2.45. The van der Waals surface area contributed by atoms with Gasteiger partial charge >= 0.3 is 0 Å². The Morgan fingerprint density at radius 1 is 1.26 bits per heavy atom. The fourth-order valence-corrected chi connectivity index (χ4v) is 1.95. The Kier molecular flexibility index (Phi) is 3.90. The largest absolute Gasteiger partial charge is 0.342 e. The first-order chi connectivity index (χ1) is 9.13. The number of nitrogens with one attached hydrogen (secondary N) is 1. The molecule has 0 radical (unpaired) electrons. The second-order valence-electron chi connectivity index (χ2n) is 4.39. The number of carbonyl (C=O) groups excluding carboxylic acids is 2. The van der Waals surface area contributed by atoms with Gasteiger partial charge in [0.05, 0.1) is 17.1 Å². The molecule has 1 heterocycles. The Labute approximate surface area is 111 Å². The molecular weight excluding hydrogens is 240 g/mol. The molecule has 1 aromatic carbocycles. The highest BCUT2D eigenvalue weighted by Crippen LogP contribution is 2.16. The molecule has 1 unspecified atom stereocenters. The van der Waals surface area contributed by atoms with Gasteiger partial charge in [-0.15, -0.1) is 0 Å². The van der Waals surface area contributed by atoms with Gasteiger partial charge in [-0.2, -0.15) is 0 Å². The maximum Gasteiger partial charge on any atom is 0.252 e. The highest BCUT2D eigenvalue weighted by Gasteiger charge is 2.16. The van der Waals surface area contributed by atoms with Crippen molar-refractivity contribution in [3.05, 3.63) is 42.1 Å². The Morgan fingerprint density at radius 3 is 2.74 bits per heavy atom. The molecule has 0 aliphatic heterocycles. The Balaban J connectivity index is 2.29. The highest BCUT2D eigenvalue weighted by atomic mass is 16.2. The molecule has 1 amide bonds. The van der Waals surface area contributed by atoms with Crippen LogP contribution in [-0.2, 0) is 4.79 Å². The summed E-state index contributed by atoms with van der Waals surface area (Å²) in [5.41, 5.74) is 1.31. The van der Waals surface area contributed by atoms with Crippen LogP contribution in [0, 0.1) is 0 Å². The summed E-state index contributed by atoms with van der Waals surface area (Å²) in [4.78, 5) is 27.9. The first-order valence-corrected chi connectivity index (χ1v) is 6.30. The lowest BCUT2D eigenvalue weighted by Crippen LogP contribution is -2.38. The maximum atomic E-state index is 12.2. The predicted molar refractivity (Wildman–Crippen MR) is 74.0 cm³/mol. The molecule has 2 rings (SSSR count). The van der Waals surface area contributed by atoms with E-state index in [1.807, 2.05) is 24.3 Å². The van der Waals surface area contributed by atoms with Gasteiger partial charge in [0.15, 0.2) is 5.78 Å². The normalized spacial score (nSPS) is 12.1. The molecule has 0 fully saturated rings. The Bertz CT molecular complexity index is 617. The van der Waals surface area contributed by atoms with Gasteiger partial charge in [0, 0.05) is 18.0 Å². The second kappa shape index (κ2) is 5.61. The standard InChI is InChI=1S/C15H16N2O2/c1-3-14(18)10(2)17-15(19)12-8-9-16-13-7-5-4-6-11(12)13/h4-10H,3H2,1-2H3,(H,17,19). The number of carbonyl (C=O) groups is 2. The number of hydrogen-bond donors (Lipinski definition) is 1. The molecule has 1 N–H and O–H groups in total. The van der Waals surface area contributed by atoms with Gasteiger partial charge in [0.25, 0.3) is 5.91 Å². The van der Waals surface area contributed by atoms with Crippen molar-refractivity contribution < 1.29 is 9.59 Å². The summed E-state index contributed by atoms with van der Waals surface area (Å²) in [6.07, 6.45) is 2.02. The smallest absolute Gasteiger partial charge is 0.252 e. The van der Waals surface area contributed by atoms with Crippen molar-refractivity contribution in [3.63, 3.8) is 0 Å². The minimum Gasteiger partial charge on any atom is -0.342 e. The number of hydrogen-bond acceptors (Lipinski definition) is 3. The van der Waals surface area contributed by atoms with E-state index in [2.05, 4.69) is 10.3 Å². The van der Waals surface area contributed by atoms with E-state index in [0.29, 0.717) is 12.0 Å². The number of para-hydroxylation sites is 1. The number of fused-ring (bicyclic) bond motifs is 1. The molecule has 1 aromatic heterocycles. The van der Waals surface area contributed by atoms with Gasteiger partial charge in [-0.05, 0) is 19.1 Å². The fraction of sp³-hybridized carbons (Fsp3) is 0.267. The lowest BCUT2D eigenvalue weighted by molar-refractivity contribution is -0.120. The summed E-state index contributed by atoms with van der Waals surface area (Å²) in [6, 6.07) is 8.64. The van der Waals surface area contributed by atoms with E-state index in [-0.39, 0.29) is 11.7 Å². The van der Waals surface area contributed by atoms with Crippen molar-refractivity contribution in [1.82, 2.24) is 10.3 Å². The third-order valence-corrected chi connectivity index (χ3v) is 3.07. The van der Waals surface area contributed by atoms with E-state index in [9.17, 15) is 9.59 Å². The van der Waals surface area contributed by atoms with Crippen LogP contribution in [-0.4, -0.2) is 22.7 Å². The summed E-state index contributed by atoms with van der Waals surface area (Å²) in [7, 11) is 0. The van der Waals surface area contributed by atoms with Crippen molar-refractivity contribution in [1.29, 1.82) is 0 Å². The van der Waals surface area contributed by atoms with Crippen LogP contribution in [0.2, 0.25) is 0 Å². The molecule has 1 atom stereocenters. The molecule has 0 saturated carbocycles. The van der Waals surface area contributed by atoms with E-state index in [0.717, 1.165) is 10.9 Å². The number of Topliss-reactive ketones (excluding diaryl/α,β-unsaturated/α-hetero) is 1. The van der Waals surface area contributed by atoms with E-state index in [1.54, 1.807) is 26.1 Å².